The summed E-state index contributed by atoms with van der Waals surface area (Å²) in [6, 6.07) is 6.68. The lowest BCUT2D eigenvalue weighted by atomic mass is 10.1. The summed E-state index contributed by atoms with van der Waals surface area (Å²) in [5, 5.41) is 21.7. The number of aryl methyl sites for hydroxylation is 1. The van der Waals surface area contributed by atoms with Crippen LogP contribution in [-0.4, -0.2) is 44.0 Å². The summed E-state index contributed by atoms with van der Waals surface area (Å²) in [6.45, 7) is 7.24. The molecule has 3 N–H and O–H groups in total. The largest absolute Gasteiger partial charge is 0.490 e. The maximum atomic E-state index is 15.1. The number of carbonyl (C=O) groups excluding carboxylic acids is 1. The highest BCUT2D eigenvalue weighted by atomic mass is 19.1. The van der Waals surface area contributed by atoms with E-state index in [-0.39, 0.29) is 23.4 Å². The van der Waals surface area contributed by atoms with Gasteiger partial charge >= 0.3 is 6.09 Å². The van der Waals surface area contributed by atoms with Gasteiger partial charge in [0.05, 0.1) is 23.7 Å². The molecule has 1 amide bonds. The number of nitrogens with zero attached hydrogens (tertiary/aromatic N) is 4. The lowest BCUT2D eigenvalue weighted by Gasteiger charge is -2.22. The number of H-pyrrole nitrogens is 1. The van der Waals surface area contributed by atoms with Gasteiger partial charge in [-0.2, -0.15) is 10.4 Å². The van der Waals surface area contributed by atoms with Gasteiger partial charge in [0.15, 0.2) is 11.5 Å². The Morgan fingerprint density at radius 2 is 2.00 bits per heavy atom. The van der Waals surface area contributed by atoms with Crippen LogP contribution in [0, 0.1) is 24.1 Å². The van der Waals surface area contributed by atoms with Crippen LogP contribution in [0.25, 0.3) is 11.3 Å². The average Bonchev–Trinajstić information content (AvgIpc) is 3.42. The van der Waals surface area contributed by atoms with E-state index in [9.17, 15) is 4.79 Å². The predicted molar refractivity (Wildman–Crippen MR) is 130 cm³/mol. The molecule has 0 radical (unpaired) electrons. The minimum Gasteiger partial charge on any atom is -0.490 e. The van der Waals surface area contributed by atoms with E-state index in [0.29, 0.717) is 35.9 Å². The van der Waals surface area contributed by atoms with E-state index in [2.05, 4.69) is 30.8 Å². The number of nitriles is 1. The maximum absolute atomic E-state index is 15.1. The number of amides is 1. The van der Waals surface area contributed by atoms with E-state index in [1.165, 1.54) is 18.5 Å². The van der Waals surface area contributed by atoms with Crippen molar-refractivity contribution in [1.29, 1.82) is 5.26 Å². The van der Waals surface area contributed by atoms with Crippen molar-refractivity contribution < 1.29 is 18.7 Å². The molecule has 2 atom stereocenters. The highest BCUT2D eigenvalue weighted by Gasteiger charge is 2.30. The van der Waals surface area contributed by atoms with E-state index in [0.717, 1.165) is 12.0 Å². The van der Waals surface area contributed by atoms with E-state index in [4.69, 9.17) is 14.7 Å². The minimum absolute atomic E-state index is 0.0838. The van der Waals surface area contributed by atoms with Gasteiger partial charge in [-0.25, -0.2) is 19.2 Å². The molecule has 0 aliphatic heterocycles. The van der Waals surface area contributed by atoms with Crippen molar-refractivity contribution in [3.63, 3.8) is 0 Å². The Morgan fingerprint density at radius 3 is 2.69 bits per heavy atom. The van der Waals surface area contributed by atoms with Gasteiger partial charge in [-0.3, -0.25) is 5.10 Å². The maximum Gasteiger partial charge on any atom is 0.407 e. The van der Waals surface area contributed by atoms with Gasteiger partial charge in [-0.1, -0.05) is 0 Å². The van der Waals surface area contributed by atoms with Crippen LogP contribution in [-0.2, 0) is 4.74 Å². The number of alkyl carbamates (subject to hydrolysis) is 1. The summed E-state index contributed by atoms with van der Waals surface area (Å²) >= 11 is 0. The summed E-state index contributed by atoms with van der Waals surface area (Å²) in [7, 11) is 0. The van der Waals surface area contributed by atoms with E-state index < -0.39 is 17.5 Å². The molecule has 0 saturated heterocycles. The smallest absolute Gasteiger partial charge is 0.407 e. The number of benzene rings is 1. The Hall–Kier alpha value is -4.20. The highest BCUT2D eigenvalue weighted by molar-refractivity contribution is 5.72. The van der Waals surface area contributed by atoms with Gasteiger partial charge in [0, 0.05) is 18.5 Å². The second kappa shape index (κ2) is 10.2. The number of halogens is 1. The molecule has 0 spiro atoms. The molecule has 36 heavy (non-hydrogen) atoms. The Bertz CT molecular complexity index is 1280. The van der Waals surface area contributed by atoms with Crippen molar-refractivity contribution in [1.82, 2.24) is 25.5 Å². The lowest BCUT2D eigenvalue weighted by molar-refractivity contribution is 0.0503. The van der Waals surface area contributed by atoms with Crippen molar-refractivity contribution >= 4 is 17.7 Å². The number of carbonyl (C=O) groups is 1. The van der Waals surface area contributed by atoms with Gasteiger partial charge in [0.1, 0.15) is 35.2 Å². The van der Waals surface area contributed by atoms with E-state index >= 15 is 4.39 Å². The molecule has 0 bridgehead atoms. The van der Waals surface area contributed by atoms with Crippen LogP contribution in [0.2, 0.25) is 0 Å². The van der Waals surface area contributed by atoms with Crippen molar-refractivity contribution in [3.05, 3.63) is 47.7 Å². The predicted octanol–water partition coefficient (Wildman–Crippen LogP) is 4.75. The summed E-state index contributed by atoms with van der Waals surface area (Å²) in [6.07, 6.45) is 4.13. The fourth-order valence-electron chi connectivity index (χ4n) is 3.99. The average molecular weight is 494 g/mol. The molecule has 10 nitrogen and oxygen atoms in total. The van der Waals surface area contributed by atoms with Gasteiger partial charge in [0.25, 0.3) is 0 Å². The first kappa shape index (κ1) is 24.9. The van der Waals surface area contributed by atoms with E-state index in [1.807, 2.05) is 26.8 Å². The summed E-state index contributed by atoms with van der Waals surface area (Å²) in [5.74, 6) is 0.739. The SMILES string of the molecule is Cc1cc(F)c(-c2cc(Nc3cnc(C#N)cn3)n[nH]2)c(O[C@@H]2CC[C@@H](NC(=O)OC(C)(C)C)C2)c1. The number of aromatic nitrogens is 4. The van der Waals surface area contributed by atoms with Crippen LogP contribution in [0.1, 0.15) is 51.3 Å². The van der Waals surface area contributed by atoms with Gasteiger partial charge in [-0.15, -0.1) is 0 Å². The molecule has 1 aliphatic carbocycles. The lowest BCUT2D eigenvalue weighted by Crippen LogP contribution is -2.38. The fraction of sp³-hybridized carbons (Fsp3) is 0.400. The van der Waals surface area contributed by atoms with Crippen molar-refractivity contribution in [3.8, 4) is 23.1 Å². The number of hydrogen-bond donors (Lipinski definition) is 3. The van der Waals surface area contributed by atoms with Crippen LogP contribution in [0.3, 0.4) is 0 Å². The second-order valence-corrected chi connectivity index (χ2v) is 9.71. The van der Waals surface area contributed by atoms with Crippen LogP contribution in [0.15, 0.2) is 30.6 Å². The monoisotopic (exact) mass is 493 g/mol. The van der Waals surface area contributed by atoms with Crippen LogP contribution in [0.4, 0.5) is 20.8 Å². The zero-order valence-corrected chi connectivity index (χ0v) is 20.6. The van der Waals surface area contributed by atoms with Crippen LogP contribution >= 0.6 is 0 Å². The van der Waals surface area contributed by atoms with Gasteiger partial charge in [0.2, 0.25) is 0 Å². The number of ether oxygens (including phenoxy) is 2. The number of anilines is 2. The molecule has 2 aromatic heterocycles. The van der Waals surface area contributed by atoms with Gasteiger partial charge < -0.3 is 20.1 Å². The fourth-order valence-corrected chi connectivity index (χ4v) is 3.99. The normalized spacial score (nSPS) is 17.3. The van der Waals surface area contributed by atoms with Crippen molar-refractivity contribution in [2.45, 2.75) is 64.7 Å². The van der Waals surface area contributed by atoms with Crippen LogP contribution < -0.4 is 15.4 Å². The molecule has 1 fully saturated rings. The molecule has 188 valence electrons. The Morgan fingerprint density at radius 1 is 1.19 bits per heavy atom. The third-order valence-electron chi connectivity index (χ3n) is 5.47. The second-order valence-electron chi connectivity index (χ2n) is 9.71. The molecule has 1 aromatic carbocycles. The quantitative estimate of drug-likeness (QED) is 0.447. The Balaban J connectivity index is 1.47. The first-order valence-electron chi connectivity index (χ1n) is 11.6. The van der Waals surface area contributed by atoms with E-state index in [1.54, 1.807) is 19.1 Å². The molecular formula is C25H28FN7O3. The number of nitrogens with one attached hydrogen (secondary N) is 3. The molecule has 2 heterocycles. The molecule has 0 unspecified atom stereocenters. The highest BCUT2D eigenvalue weighted by Crippen LogP contribution is 2.36. The third-order valence-corrected chi connectivity index (χ3v) is 5.47. The topological polar surface area (TPSA) is 138 Å². The molecule has 11 heteroatoms. The molecule has 1 saturated carbocycles. The third kappa shape index (κ3) is 6.27. The first-order valence-corrected chi connectivity index (χ1v) is 11.6. The van der Waals surface area contributed by atoms with Crippen LogP contribution in [0.5, 0.6) is 5.75 Å². The number of hydrogen-bond acceptors (Lipinski definition) is 8. The molecule has 3 aromatic rings. The van der Waals surface area contributed by atoms with Crippen molar-refractivity contribution in [2.75, 3.05) is 5.32 Å². The summed E-state index contributed by atoms with van der Waals surface area (Å²) < 4.78 is 26.7. The zero-order chi connectivity index (χ0) is 25.9. The Kier molecular flexibility index (Phi) is 7.05. The minimum atomic E-state index is -0.572. The first-order chi connectivity index (χ1) is 17.1. The van der Waals surface area contributed by atoms with Crippen molar-refractivity contribution in [2.24, 2.45) is 0 Å². The number of rotatable bonds is 6. The zero-order valence-electron chi connectivity index (χ0n) is 20.6. The standard InChI is InChI=1S/C25H28FN7O3/c1-14-7-18(26)23(19-10-21(33-32-19)31-22-13-28-16(11-27)12-29-22)20(8-14)35-17-6-5-15(9-17)30-24(34)36-25(2,3)4/h7-8,10,12-13,15,17H,5-6,9H2,1-4H3,(H,30,34)(H2,29,31,32,33)/t15-,17-/m1/s1. The summed E-state index contributed by atoms with van der Waals surface area (Å²) in [5.41, 5.74) is 1.03. The van der Waals surface area contributed by atoms with Gasteiger partial charge in [-0.05, 0) is 58.2 Å². The molecule has 1 aliphatic rings. The number of aromatic amines is 1. The summed E-state index contributed by atoms with van der Waals surface area (Å²) in [4.78, 5) is 20.2. The molecule has 4 rings (SSSR count). The Labute approximate surface area is 208 Å². The molecular weight excluding hydrogens is 465 g/mol.